The molecule has 2 aromatic carbocycles. The van der Waals surface area contributed by atoms with Crippen LogP contribution in [0.2, 0.25) is 0 Å². The summed E-state index contributed by atoms with van der Waals surface area (Å²) >= 11 is 0. The number of nitrogens with one attached hydrogen (secondary N) is 1. The van der Waals surface area contributed by atoms with E-state index in [1.807, 2.05) is 0 Å². The van der Waals surface area contributed by atoms with Gasteiger partial charge in [0, 0.05) is 25.3 Å². The van der Waals surface area contributed by atoms with Gasteiger partial charge >= 0.3 is 0 Å². The van der Waals surface area contributed by atoms with E-state index in [0.29, 0.717) is 42.4 Å². The number of nitrogens with zero attached hydrogens (tertiary/aromatic N) is 1. The third kappa shape index (κ3) is 5.66. The summed E-state index contributed by atoms with van der Waals surface area (Å²) in [6.07, 6.45) is 4.91. The van der Waals surface area contributed by atoms with Gasteiger partial charge < -0.3 is 19.5 Å². The largest absolute Gasteiger partial charge is 0.495 e. The summed E-state index contributed by atoms with van der Waals surface area (Å²) in [7, 11) is -2.15. The number of ether oxygens (including phenoxy) is 3. The molecule has 178 valence electrons. The predicted octanol–water partition coefficient (Wildman–Crippen LogP) is 3.68. The molecule has 2 aromatic rings. The van der Waals surface area contributed by atoms with E-state index in [1.165, 1.54) is 23.5 Å². The van der Waals surface area contributed by atoms with Crippen molar-refractivity contribution in [2.24, 2.45) is 0 Å². The highest BCUT2D eigenvalue weighted by atomic mass is 32.2. The number of benzene rings is 2. The molecule has 33 heavy (non-hydrogen) atoms. The van der Waals surface area contributed by atoms with Gasteiger partial charge in [0.15, 0.2) is 0 Å². The van der Waals surface area contributed by atoms with E-state index in [9.17, 15) is 13.2 Å². The molecule has 9 heteroatoms. The number of anilines is 1. The van der Waals surface area contributed by atoms with Crippen LogP contribution in [0.4, 0.5) is 5.69 Å². The van der Waals surface area contributed by atoms with Gasteiger partial charge in [0.2, 0.25) is 10.0 Å². The van der Waals surface area contributed by atoms with Gasteiger partial charge in [-0.25, -0.2) is 8.42 Å². The van der Waals surface area contributed by atoms with Crippen LogP contribution < -0.4 is 14.8 Å². The minimum Gasteiger partial charge on any atom is -0.495 e. The lowest BCUT2D eigenvalue weighted by Gasteiger charge is -2.26. The Morgan fingerprint density at radius 3 is 2.52 bits per heavy atom. The Morgan fingerprint density at radius 2 is 1.85 bits per heavy atom. The Bertz CT molecular complexity index is 1060. The van der Waals surface area contributed by atoms with Crippen molar-refractivity contribution in [2.75, 3.05) is 38.7 Å². The molecule has 1 unspecified atom stereocenters. The molecule has 0 saturated carbocycles. The van der Waals surface area contributed by atoms with E-state index in [2.05, 4.69) is 5.32 Å². The van der Waals surface area contributed by atoms with Crippen molar-refractivity contribution < 1.29 is 27.4 Å². The van der Waals surface area contributed by atoms with Crippen LogP contribution in [-0.4, -0.2) is 58.1 Å². The molecule has 1 atom stereocenters. The molecule has 2 aliphatic heterocycles. The van der Waals surface area contributed by atoms with Crippen LogP contribution in [0.1, 0.15) is 42.5 Å². The molecule has 0 bridgehead atoms. The Morgan fingerprint density at radius 1 is 1.09 bits per heavy atom. The van der Waals surface area contributed by atoms with Crippen LogP contribution in [0.3, 0.4) is 0 Å². The molecule has 0 aromatic heterocycles. The molecule has 2 heterocycles. The molecule has 1 N–H and O–H groups in total. The molecule has 1 amide bonds. The molecule has 8 nitrogen and oxygen atoms in total. The second kappa shape index (κ2) is 10.5. The zero-order valence-corrected chi connectivity index (χ0v) is 19.6. The van der Waals surface area contributed by atoms with Gasteiger partial charge in [0.1, 0.15) is 18.1 Å². The first-order chi connectivity index (χ1) is 16.0. The van der Waals surface area contributed by atoms with E-state index >= 15 is 0 Å². The maximum absolute atomic E-state index is 13.0. The Labute approximate surface area is 194 Å². The van der Waals surface area contributed by atoms with E-state index in [4.69, 9.17) is 14.2 Å². The zero-order valence-electron chi connectivity index (χ0n) is 18.8. The number of methoxy groups -OCH3 is 1. The van der Waals surface area contributed by atoms with Crippen molar-refractivity contribution >= 4 is 21.6 Å². The molecular formula is C24H30N2O6S. The normalized spacial score (nSPS) is 19.2. The molecule has 2 fully saturated rings. The van der Waals surface area contributed by atoms with Crippen molar-refractivity contribution in [3.63, 3.8) is 0 Å². The highest BCUT2D eigenvalue weighted by Crippen LogP contribution is 2.30. The van der Waals surface area contributed by atoms with E-state index in [0.717, 1.165) is 38.7 Å². The van der Waals surface area contributed by atoms with Crippen molar-refractivity contribution in [1.82, 2.24) is 4.31 Å². The van der Waals surface area contributed by atoms with Crippen molar-refractivity contribution in [3.05, 3.63) is 48.0 Å². The summed E-state index contributed by atoms with van der Waals surface area (Å²) < 4.78 is 44.2. The van der Waals surface area contributed by atoms with Gasteiger partial charge in [0.05, 0.1) is 23.8 Å². The van der Waals surface area contributed by atoms with Gasteiger partial charge in [-0.15, -0.1) is 0 Å². The van der Waals surface area contributed by atoms with E-state index in [-0.39, 0.29) is 16.9 Å². The van der Waals surface area contributed by atoms with Crippen LogP contribution >= 0.6 is 0 Å². The minimum atomic E-state index is -3.63. The van der Waals surface area contributed by atoms with E-state index < -0.39 is 10.0 Å². The number of carbonyl (C=O) groups excluding carboxylic acids is 1. The summed E-state index contributed by atoms with van der Waals surface area (Å²) in [5.74, 6) is 0.679. The SMILES string of the molecule is COc1ccc(S(=O)(=O)N2CCCCC2)cc1NC(=O)c1ccc(OCC2CCCO2)cc1. The smallest absolute Gasteiger partial charge is 0.255 e. The molecule has 2 saturated heterocycles. The Kier molecular flexibility index (Phi) is 7.52. The maximum atomic E-state index is 13.0. The second-order valence-electron chi connectivity index (χ2n) is 8.25. The minimum absolute atomic E-state index is 0.119. The van der Waals surface area contributed by atoms with Crippen molar-refractivity contribution in [1.29, 1.82) is 0 Å². The first-order valence-corrected chi connectivity index (χ1v) is 12.8. The summed E-state index contributed by atoms with van der Waals surface area (Å²) in [6, 6.07) is 11.3. The molecule has 0 aliphatic carbocycles. The lowest BCUT2D eigenvalue weighted by Crippen LogP contribution is -2.35. The summed E-state index contributed by atoms with van der Waals surface area (Å²) in [6.45, 7) is 2.28. The van der Waals surface area contributed by atoms with Crippen LogP contribution in [-0.2, 0) is 14.8 Å². The van der Waals surface area contributed by atoms with Gasteiger partial charge in [-0.3, -0.25) is 4.79 Å². The quantitative estimate of drug-likeness (QED) is 0.627. The van der Waals surface area contributed by atoms with E-state index in [1.54, 1.807) is 30.3 Å². The number of rotatable bonds is 8. The summed E-state index contributed by atoms with van der Waals surface area (Å²) in [5.41, 5.74) is 0.727. The monoisotopic (exact) mass is 474 g/mol. The average molecular weight is 475 g/mol. The van der Waals surface area contributed by atoms with Crippen molar-refractivity contribution in [3.8, 4) is 11.5 Å². The summed E-state index contributed by atoms with van der Waals surface area (Å²) in [4.78, 5) is 13.0. The third-order valence-electron chi connectivity index (χ3n) is 5.95. The van der Waals surface area contributed by atoms with Crippen LogP contribution in [0, 0.1) is 0 Å². The predicted molar refractivity (Wildman–Crippen MR) is 124 cm³/mol. The average Bonchev–Trinajstić information content (AvgIpc) is 3.37. The van der Waals surface area contributed by atoms with Gasteiger partial charge in [-0.05, 0) is 68.1 Å². The fourth-order valence-electron chi connectivity index (χ4n) is 4.06. The lowest BCUT2D eigenvalue weighted by atomic mass is 10.2. The summed E-state index contributed by atoms with van der Waals surface area (Å²) in [5, 5.41) is 2.78. The number of carbonyl (C=O) groups is 1. The third-order valence-corrected chi connectivity index (χ3v) is 7.84. The zero-order chi connectivity index (χ0) is 23.3. The number of hydrogen-bond donors (Lipinski definition) is 1. The van der Waals surface area contributed by atoms with Crippen molar-refractivity contribution in [2.45, 2.75) is 43.1 Å². The first-order valence-electron chi connectivity index (χ1n) is 11.3. The highest BCUT2D eigenvalue weighted by molar-refractivity contribution is 7.89. The van der Waals surface area contributed by atoms with Gasteiger partial charge in [0.25, 0.3) is 5.91 Å². The number of piperidine rings is 1. The van der Waals surface area contributed by atoms with Gasteiger partial charge in [-0.1, -0.05) is 6.42 Å². The molecule has 4 rings (SSSR count). The molecule has 2 aliphatic rings. The van der Waals surface area contributed by atoms with Crippen LogP contribution in [0.5, 0.6) is 11.5 Å². The standard InChI is InChI=1S/C24H30N2O6S/c1-30-23-12-11-21(33(28,29)26-13-3-2-4-14-26)16-22(23)25-24(27)18-7-9-19(10-8-18)32-17-20-6-5-15-31-20/h7-12,16,20H,2-6,13-15,17H2,1H3,(H,25,27). The molecular weight excluding hydrogens is 444 g/mol. The topological polar surface area (TPSA) is 94.2 Å². The van der Waals surface area contributed by atoms with Crippen LogP contribution in [0.15, 0.2) is 47.4 Å². The number of hydrogen-bond acceptors (Lipinski definition) is 6. The number of amides is 1. The maximum Gasteiger partial charge on any atom is 0.255 e. The lowest BCUT2D eigenvalue weighted by molar-refractivity contribution is 0.0679. The second-order valence-corrected chi connectivity index (χ2v) is 10.2. The Hall–Kier alpha value is -2.62. The first kappa shape index (κ1) is 23.5. The Balaban J connectivity index is 1.45. The number of sulfonamides is 1. The molecule has 0 radical (unpaired) electrons. The fourth-order valence-corrected chi connectivity index (χ4v) is 5.61. The fraction of sp³-hybridized carbons (Fsp3) is 0.458. The highest BCUT2D eigenvalue weighted by Gasteiger charge is 2.27. The van der Waals surface area contributed by atoms with Crippen LogP contribution in [0.25, 0.3) is 0 Å². The van der Waals surface area contributed by atoms with Gasteiger partial charge in [-0.2, -0.15) is 4.31 Å². The molecule has 0 spiro atoms.